The van der Waals surface area contributed by atoms with Gasteiger partial charge in [0, 0.05) is 34.0 Å². The second-order valence-electron chi connectivity index (χ2n) is 10.9. The van der Waals surface area contributed by atoms with E-state index in [0.717, 1.165) is 10.5 Å². The Labute approximate surface area is 287 Å². The first-order chi connectivity index (χ1) is 23.9. The van der Waals surface area contributed by atoms with E-state index in [1.807, 2.05) is 43.3 Å². The summed E-state index contributed by atoms with van der Waals surface area (Å²) in [4.78, 5) is 40.4. The Kier molecular flexibility index (Phi) is 10.3. The molecular formula is C38H33N3O7S. The Morgan fingerprint density at radius 2 is 1.51 bits per heavy atom. The molecular weight excluding hydrogens is 642 g/mol. The Bertz CT molecular complexity index is 1990. The zero-order valence-corrected chi connectivity index (χ0v) is 27.5. The molecule has 0 fully saturated rings. The molecule has 0 aliphatic carbocycles. The van der Waals surface area contributed by atoms with Gasteiger partial charge in [0.1, 0.15) is 36.2 Å². The molecule has 3 amide bonds. The summed E-state index contributed by atoms with van der Waals surface area (Å²) in [5.74, 6) is 1.62. The van der Waals surface area contributed by atoms with Crippen LogP contribution in [0.15, 0.2) is 124 Å². The number of fused-ring (bicyclic) bond motifs is 1. The number of thioether (sulfide) groups is 1. The van der Waals surface area contributed by atoms with Gasteiger partial charge in [-0.2, -0.15) is 0 Å². The van der Waals surface area contributed by atoms with Gasteiger partial charge < -0.3 is 34.6 Å². The fraction of sp³-hybridized carbons (Fsp3) is 0.132. The first kappa shape index (κ1) is 33.0. The number of ether oxygens (including phenoxy) is 3. The van der Waals surface area contributed by atoms with Gasteiger partial charge in [0.2, 0.25) is 5.91 Å². The van der Waals surface area contributed by atoms with E-state index in [1.165, 1.54) is 17.8 Å². The third kappa shape index (κ3) is 8.32. The number of methoxy groups -OCH3 is 1. The highest BCUT2D eigenvalue weighted by Gasteiger charge is 2.19. The summed E-state index contributed by atoms with van der Waals surface area (Å²) in [6, 6.07) is 31.9. The van der Waals surface area contributed by atoms with Gasteiger partial charge in [-0.05, 0) is 79.7 Å². The van der Waals surface area contributed by atoms with Crippen molar-refractivity contribution in [2.45, 2.75) is 17.1 Å². The number of carbonyl (C=O) groups is 3. The zero-order chi connectivity index (χ0) is 34.2. The minimum Gasteiger partial charge on any atom is -0.496 e. The second kappa shape index (κ2) is 15.3. The molecule has 248 valence electrons. The van der Waals surface area contributed by atoms with E-state index in [9.17, 15) is 14.4 Å². The molecule has 0 saturated heterocycles. The van der Waals surface area contributed by atoms with Crippen molar-refractivity contribution in [3.05, 3.63) is 126 Å². The topological polar surface area (TPSA) is 128 Å². The maximum atomic E-state index is 13.5. The van der Waals surface area contributed by atoms with Crippen molar-refractivity contribution in [1.82, 2.24) is 5.32 Å². The number of benzene rings is 4. The Morgan fingerprint density at radius 3 is 2.29 bits per heavy atom. The molecule has 0 unspecified atom stereocenters. The molecule has 5 aromatic rings. The molecule has 0 radical (unpaired) electrons. The lowest BCUT2D eigenvalue weighted by atomic mass is 10.1. The number of hydrogen-bond donors (Lipinski definition) is 3. The lowest BCUT2D eigenvalue weighted by molar-refractivity contribution is -0.115. The highest BCUT2D eigenvalue weighted by molar-refractivity contribution is 8.00. The number of anilines is 2. The summed E-state index contributed by atoms with van der Waals surface area (Å²) in [6.45, 7) is 2.77. The largest absolute Gasteiger partial charge is 0.496 e. The van der Waals surface area contributed by atoms with Crippen molar-refractivity contribution in [3.8, 4) is 28.6 Å². The summed E-state index contributed by atoms with van der Waals surface area (Å²) >= 11 is 1.37. The van der Waals surface area contributed by atoms with Crippen molar-refractivity contribution < 1.29 is 33.0 Å². The predicted octanol–water partition coefficient (Wildman–Crippen LogP) is 7.26. The average Bonchev–Trinajstić information content (AvgIpc) is 3.60. The molecule has 1 aliphatic rings. The normalized spacial score (nSPS) is 12.8. The molecule has 0 saturated carbocycles. The highest BCUT2D eigenvalue weighted by atomic mass is 32.2. The lowest BCUT2D eigenvalue weighted by Crippen LogP contribution is -2.30. The zero-order valence-electron chi connectivity index (χ0n) is 26.7. The van der Waals surface area contributed by atoms with Crippen molar-refractivity contribution in [1.29, 1.82) is 0 Å². The van der Waals surface area contributed by atoms with Gasteiger partial charge >= 0.3 is 0 Å². The van der Waals surface area contributed by atoms with Crippen LogP contribution in [0.4, 0.5) is 11.4 Å². The molecule has 0 spiro atoms. The summed E-state index contributed by atoms with van der Waals surface area (Å²) in [6.07, 6.45) is 1.47. The van der Waals surface area contributed by atoms with E-state index in [0.29, 0.717) is 58.9 Å². The van der Waals surface area contributed by atoms with Crippen LogP contribution < -0.4 is 30.2 Å². The van der Waals surface area contributed by atoms with Crippen LogP contribution in [0.1, 0.15) is 23.0 Å². The van der Waals surface area contributed by atoms with Crippen LogP contribution >= 0.6 is 11.8 Å². The molecule has 49 heavy (non-hydrogen) atoms. The molecule has 3 N–H and O–H groups in total. The molecule has 6 rings (SSSR count). The fourth-order valence-electron chi connectivity index (χ4n) is 4.95. The molecule has 1 aliphatic heterocycles. The standard InChI is InChI=1S/C38H33N3O7S/c1-24(36(42)40-27-14-18-34-35(22-27)47-21-20-46-34)49-29-16-12-26(13-17-29)39-38(44)31(41-37(43)25-8-4-3-5-9-25)23-28-15-19-33(48-28)30-10-6-7-11-32(30)45-2/h3-19,22-24H,20-21H2,1-2H3,(H,39,44)(H,40,42)(H,41,43)/b31-23+/t24-/m1/s1. The Balaban J connectivity index is 1.13. The van der Waals surface area contributed by atoms with Crippen molar-refractivity contribution in [3.63, 3.8) is 0 Å². The maximum absolute atomic E-state index is 13.5. The first-order valence-electron chi connectivity index (χ1n) is 15.5. The van der Waals surface area contributed by atoms with Gasteiger partial charge in [-0.3, -0.25) is 14.4 Å². The van der Waals surface area contributed by atoms with Gasteiger partial charge in [0.15, 0.2) is 11.5 Å². The van der Waals surface area contributed by atoms with E-state index in [4.69, 9.17) is 18.6 Å². The predicted molar refractivity (Wildman–Crippen MR) is 189 cm³/mol. The number of rotatable bonds is 11. The van der Waals surface area contributed by atoms with Crippen LogP contribution in [0.2, 0.25) is 0 Å². The summed E-state index contributed by atoms with van der Waals surface area (Å²) in [7, 11) is 1.58. The molecule has 11 heteroatoms. The second-order valence-corrected chi connectivity index (χ2v) is 12.3. The molecule has 2 heterocycles. The number of carbonyl (C=O) groups excluding carboxylic acids is 3. The van der Waals surface area contributed by atoms with E-state index >= 15 is 0 Å². The SMILES string of the molecule is COc1ccccc1-c1ccc(/C=C(/NC(=O)c2ccccc2)C(=O)Nc2ccc(S[C@H](C)C(=O)Nc3ccc4c(c3)OCCO4)cc2)o1. The minimum atomic E-state index is -0.549. The van der Waals surface area contributed by atoms with Gasteiger partial charge in [0.25, 0.3) is 11.8 Å². The summed E-state index contributed by atoms with van der Waals surface area (Å²) in [5, 5.41) is 8.07. The number of furan rings is 1. The number of para-hydroxylation sites is 1. The van der Waals surface area contributed by atoms with Crippen LogP contribution in [0.25, 0.3) is 17.4 Å². The fourth-order valence-corrected chi connectivity index (χ4v) is 5.81. The highest BCUT2D eigenvalue weighted by Crippen LogP contribution is 2.34. The number of hydrogen-bond acceptors (Lipinski definition) is 8. The van der Waals surface area contributed by atoms with Gasteiger partial charge in [-0.15, -0.1) is 11.8 Å². The Hall–Kier alpha value is -5.94. The van der Waals surface area contributed by atoms with Gasteiger partial charge in [-0.25, -0.2) is 0 Å². The van der Waals surface area contributed by atoms with Gasteiger partial charge in [-0.1, -0.05) is 30.3 Å². The van der Waals surface area contributed by atoms with Crippen LogP contribution in [0.3, 0.4) is 0 Å². The number of amides is 3. The van der Waals surface area contributed by atoms with E-state index in [1.54, 1.807) is 79.9 Å². The van der Waals surface area contributed by atoms with E-state index in [2.05, 4.69) is 16.0 Å². The minimum absolute atomic E-state index is 0.0161. The van der Waals surface area contributed by atoms with Crippen molar-refractivity contribution >= 4 is 46.9 Å². The molecule has 10 nitrogen and oxygen atoms in total. The quantitative estimate of drug-likeness (QED) is 0.0987. The van der Waals surface area contributed by atoms with Gasteiger partial charge in [0.05, 0.1) is 17.9 Å². The molecule has 1 atom stereocenters. The van der Waals surface area contributed by atoms with Crippen molar-refractivity contribution in [2.24, 2.45) is 0 Å². The summed E-state index contributed by atoms with van der Waals surface area (Å²) in [5.41, 5.74) is 2.24. The third-order valence-corrected chi connectivity index (χ3v) is 8.53. The average molecular weight is 676 g/mol. The van der Waals surface area contributed by atoms with E-state index in [-0.39, 0.29) is 11.6 Å². The first-order valence-corrected chi connectivity index (χ1v) is 16.3. The van der Waals surface area contributed by atoms with Crippen LogP contribution in [-0.2, 0) is 9.59 Å². The maximum Gasteiger partial charge on any atom is 0.272 e. The lowest BCUT2D eigenvalue weighted by Gasteiger charge is -2.19. The monoisotopic (exact) mass is 675 g/mol. The van der Waals surface area contributed by atoms with Crippen molar-refractivity contribution in [2.75, 3.05) is 31.0 Å². The molecule has 0 bridgehead atoms. The molecule has 1 aromatic heterocycles. The van der Waals surface area contributed by atoms with Crippen LogP contribution in [0, 0.1) is 0 Å². The van der Waals surface area contributed by atoms with Crippen LogP contribution in [-0.4, -0.2) is 43.3 Å². The molecule has 4 aromatic carbocycles. The third-order valence-electron chi connectivity index (χ3n) is 7.42. The summed E-state index contributed by atoms with van der Waals surface area (Å²) < 4.78 is 22.6. The number of nitrogens with one attached hydrogen (secondary N) is 3. The van der Waals surface area contributed by atoms with E-state index < -0.39 is 17.1 Å². The Morgan fingerprint density at radius 1 is 0.796 bits per heavy atom. The van der Waals surface area contributed by atoms with Crippen LogP contribution in [0.5, 0.6) is 17.2 Å². The smallest absolute Gasteiger partial charge is 0.272 e.